The second-order valence-electron chi connectivity index (χ2n) is 8.27. The lowest BCUT2D eigenvalue weighted by atomic mass is 9.52. The van der Waals surface area contributed by atoms with Gasteiger partial charge in [-0.25, -0.2) is 0 Å². The van der Waals surface area contributed by atoms with Crippen molar-refractivity contribution >= 4 is 0 Å². The zero-order valence-electron chi connectivity index (χ0n) is 15.2. The van der Waals surface area contributed by atoms with Gasteiger partial charge in [0.05, 0.1) is 0 Å². The van der Waals surface area contributed by atoms with Gasteiger partial charge in [0.15, 0.2) is 0 Å². The topological polar surface area (TPSA) is 23.5 Å². The van der Waals surface area contributed by atoms with E-state index in [-0.39, 0.29) is 0 Å². The van der Waals surface area contributed by atoms with E-state index in [4.69, 9.17) is 0 Å². The average molecular weight is 325 g/mol. The second-order valence-corrected chi connectivity index (χ2v) is 8.27. The Bertz CT molecular complexity index is 649. The number of nitrogens with zero attached hydrogens (tertiary/aromatic N) is 1. The number of phenolic OH excluding ortho intramolecular Hbond substituents is 1. The molecule has 24 heavy (non-hydrogen) atoms. The molecule has 1 heterocycles. The van der Waals surface area contributed by atoms with Gasteiger partial charge in [-0.15, -0.1) is 0 Å². The highest BCUT2D eigenvalue weighted by molar-refractivity contribution is 5.45. The van der Waals surface area contributed by atoms with Crippen molar-refractivity contribution in [2.24, 2.45) is 5.92 Å². The van der Waals surface area contributed by atoms with Crippen molar-refractivity contribution in [1.29, 1.82) is 0 Å². The number of phenols is 1. The van der Waals surface area contributed by atoms with Gasteiger partial charge < -0.3 is 5.11 Å². The summed E-state index contributed by atoms with van der Waals surface area (Å²) in [5.41, 5.74) is 4.84. The average Bonchev–Trinajstić information content (AvgIpc) is 2.61. The van der Waals surface area contributed by atoms with Crippen molar-refractivity contribution in [1.82, 2.24) is 4.90 Å². The largest absolute Gasteiger partial charge is 0.508 e. The van der Waals surface area contributed by atoms with Crippen LogP contribution >= 0.6 is 0 Å². The molecule has 3 atom stereocenters. The first-order valence-corrected chi connectivity index (χ1v) is 9.86. The van der Waals surface area contributed by atoms with E-state index in [0.29, 0.717) is 17.2 Å². The fourth-order valence-electron chi connectivity index (χ4n) is 5.72. The van der Waals surface area contributed by atoms with Gasteiger partial charge in [-0.05, 0) is 74.8 Å². The smallest absolute Gasteiger partial charge is 0.115 e. The van der Waals surface area contributed by atoms with Crippen LogP contribution in [0.2, 0.25) is 0 Å². The minimum Gasteiger partial charge on any atom is -0.508 e. The molecule has 0 radical (unpaired) electrons. The third-order valence-corrected chi connectivity index (χ3v) is 7.17. The first-order valence-electron chi connectivity index (χ1n) is 9.86. The van der Waals surface area contributed by atoms with E-state index in [2.05, 4.69) is 37.0 Å². The molecule has 0 amide bonds. The molecule has 2 bridgehead atoms. The Hall–Kier alpha value is -1.28. The number of fused-ring (bicyclic) bond motifs is 1. The first-order chi connectivity index (χ1) is 11.6. The quantitative estimate of drug-likeness (QED) is 0.806. The molecule has 2 heteroatoms. The van der Waals surface area contributed by atoms with Crippen LogP contribution in [0, 0.1) is 5.92 Å². The molecule has 0 spiro atoms. The summed E-state index contributed by atoms with van der Waals surface area (Å²) in [6.45, 7) is 6.83. The molecule has 2 fully saturated rings. The highest BCUT2D eigenvalue weighted by Gasteiger charge is 2.53. The molecule has 1 N–H and O–H groups in total. The molecule has 2 aliphatic carbocycles. The molecule has 1 aromatic carbocycles. The molecule has 0 aromatic heterocycles. The van der Waals surface area contributed by atoms with Crippen LogP contribution in [0.5, 0.6) is 5.75 Å². The Morgan fingerprint density at radius 1 is 1.33 bits per heavy atom. The lowest BCUT2D eigenvalue weighted by Crippen LogP contribution is -2.60. The number of likely N-dealkylation sites (tertiary alicyclic amines) is 1. The van der Waals surface area contributed by atoms with Crippen molar-refractivity contribution in [3.05, 3.63) is 41.0 Å². The maximum atomic E-state index is 10.1. The molecule has 1 saturated carbocycles. The normalized spacial score (nSPS) is 33.0. The van der Waals surface area contributed by atoms with Gasteiger partial charge in [-0.2, -0.15) is 0 Å². The Morgan fingerprint density at radius 3 is 3.04 bits per heavy atom. The van der Waals surface area contributed by atoms with Gasteiger partial charge in [0, 0.05) is 18.0 Å². The lowest BCUT2D eigenvalue weighted by Gasteiger charge is -2.59. The molecule has 0 unspecified atom stereocenters. The van der Waals surface area contributed by atoms with Gasteiger partial charge in [0.25, 0.3) is 0 Å². The van der Waals surface area contributed by atoms with Crippen LogP contribution in [-0.4, -0.2) is 29.1 Å². The SMILES string of the molecule is CC/C(C)=C/CN1CC[C@]23CCCC[C@H]2[C@H]1Cc1ccc(O)cc13. The van der Waals surface area contributed by atoms with E-state index in [1.54, 1.807) is 0 Å². The zero-order valence-corrected chi connectivity index (χ0v) is 15.2. The molecule has 1 aliphatic heterocycles. The second kappa shape index (κ2) is 6.22. The number of benzene rings is 1. The number of allylic oxidation sites excluding steroid dienone is 1. The molecular formula is C22H31NO. The van der Waals surface area contributed by atoms with Crippen LogP contribution in [0.4, 0.5) is 0 Å². The van der Waals surface area contributed by atoms with Crippen LogP contribution in [-0.2, 0) is 11.8 Å². The Labute approximate surface area is 146 Å². The Kier molecular flexibility index (Phi) is 4.20. The van der Waals surface area contributed by atoms with E-state index in [1.807, 2.05) is 6.07 Å². The first kappa shape index (κ1) is 16.2. The monoisotopic (exact) mass is 325 g/mol. The third-order valence-electron chi connectivity index (χ3n) is 7.17. The fraction of sp³-hybridized carbons (Fsp3) is 0.636. The van der Waals surface area contributed by atoms with Gasteiger partial charge in [-0.3, -0.25) is 4.90 Å². The molecule has 1 aromatic rings. The Morgan fingerprint density at radius 2 is 2.21 bits per heavy atom. The number of hydrogen-bond donors (Lipinski definition) is 1. The zero-order chi connectivity index (χ0) is 16.7. The number of hydrogen-bond acceptors (Lipinski definition) is 2. The van der Waals surface area contributed by atoms with E-state index < -0.39 is 0 Å². The third kappa shape index (κ3) is 2.50. The van der Waals surface area contributed by atoms with Crippen molar-refractivity contribution in [3.8, 4) is 5.75 Å². The summed E-state index contributed by atoms with van der Waals surface area (Å²) in [6, 6.07) is 6.87. The maximum Gasteiger partial charge on any atom is 0.115 e. The molecule has 130 valence electrons. The van der Waals surface area contributed by atoms with Gasteiger partial charge >= 0.3 is 0 Å². The summed E-state index contributed by atoms with van der Waals surface area (Å²) in [4.78, 5) is 2.75. The van der Waals surface area contributed by atoms with Crippen LogP contribution in [0.1, 0.15) is 63.5 Å². The molecule has 3 aliphatic rings. The summed E-state index contributed by atoms with van der Waals surface area (Å²) >= 11 is 0. The van der Waals surface area contributed by atoms with E-state index in [1.165, 1.54) is 61.8 Å². The van der Waals surface area contributed by atoms with Crippen molar-refractivity contribution in [2.45, 2.75) is 70.3 Å². The fourth-order valence-corrected chi connectivity index (χ4v) is 5.72. The molecule has 4 rings (SSSR count). The minimum atomic E-state index is 0.343. The predicted octanol–water partition coefficient (Wildman–Crippen LogP) is 4.81. The number of rotatable bonds is 3. The van der Waals surface area contributed by atoms with Crippen molar-refractivity contribution < 1.29 is 5.11 Å². The predicted molar refractivity (Wildman–Crippen MR) is 99.5 cm³/mol. The van der Waals surface area contributed by atoms with Crippen molar-refractivity contribution in [3.63, 3.8) is 0 Å². The highest BCUT2D eigenvalue weighted by Crippen LogP contribution is 2.56. The van der Waals surface area contributed by atoms with Crippen LogP contribution in [0.15, 0.2) is 29.8 Å². The van der Waals surface area contributed by atoms with Crippen LogP contribution in [0.25, 0.3) is 0 Å². The highest BCUT2D eigenvalue weighted by atomic mass is 16.3. The maximum absolute atomic E-state index is 10.1. The van der Waals surface area contributed by atoms with E-state index >= 15 is 0 Å². The van der Waals surface area contributed by atoms with Gasteiger partial charge in [-0.1, -0.05) is 37.5 Å². The number of aromatic hydroxyl groups is 1. The summed E-state index contributed by atoms with van der Waals surface area (Å²) in [5.74, 6) is 1.24. The molecular weight excluding hydrogens is 294 g/mol. The molecule has 2 nitrogen and oxygen atoms in total. The van der Waals surface area contributed by atoms with Gasteiger partial charge in [0.1, 0.15) is 5.75 Å². The minimum absolute atomic E-state index is 0.343. The summed E-state index contributed by atoms with van der Waals surface area (Å²) < 4.78 is 0. The Balaban J connectivity index is 1.71. The molecule has 1 saturated heterocycles. The van der Waals surface area contributed by atoms with Crippen molar-refractivity contribution in [2.75, 3.05) is 13.1 Å². The van der Waals surface area contributed by atoms with E-state index in [9.17, 15) is 5.11 Å². The standard InChI is InChI=1S/C22H31NO/c1-3-16(2)9-12-23-13-11-22-10-5-4-6-19(22)21(23)14-17-7-8-18(24)15-20(17)22/h7-9,15,19,21,24H,3-6,10-14H2,1-2H3/b16-9+/t19-,21+,22+/m0/s1. The van der Waals surface area contributed by atoms with Crippen LogP contribution < -0.4 is 0 Å². The van der Waals surface area contributed by atoms with Gasteiger partial charge in [0.2, 0.25) is 0 Å². The summed E-state index contributed by atoms with van der Waals surface area (Å²) in [6.07, 6.45) is 11.5. The van der Waals surface area contributed by atoms with E-state index in [0.717, 1.165) is 18.9 Å². The number of piperidine rings is 1. The van der Waals surface area contributed by atoms with Crippen LogP contribution in [0.3, 0.4) is 0 Å². The summed E-state index contributed by atoms with van der Waals surface area (Å²) in [5, 5.41) is 10.1. The summed E-state index contributed by atoms with van der Waals surface area (Å²) in [7, 11) is 0. The lowest BCUT2D eigenvalue weighted by molar-refractivity contribution is -0.00530.